The zero-order valence-corrected chi connectivity index (χ0v) is 15.4. The molecule has 0 aliphatic carbocycles. The molecule has 1 aliphatic heterocycles. The molecule has 1 amide bonds. The first-order valence-corrected chi connectivity index (χ1v) is 9.29. The normalized spacial score (nSPS) is 16.8. The Morgan fingerprint density at radius 2 is 2.07 bits per heavy atom. The number of amides is 1. The van der Waals surface area contributed by atoms with Gasteiger partial charge in [-0.2, -0.15) is 5.10 Å². The molecule has 0 spiro atoms. The summed E-state index contributed by atoms with van der Waals surface area (Å²) >= 11 is 0. The van der Waals surface area contributed by atoms with Crippen LogP contribution in [0.25, 0.3) is 28.1 Å². The zero-order valence-electron chi connectivity index (χ0n) is 15.4. The molecule has 1 fully saturated rings. The Hall–Kier alpha value is -3.55. The van der Waals surface area contributed by atoms with Gasteiger partial charge in [-0.1, -0.05) is 6.92 Å². The van der Waals surface area contributed by atoms with Crippen molar-refractivity contribution in [2.75, 3.05) is 13.1 Å². The summed E-state index contributed by atoms with van der Waals surface area (Å²) in [5.74, 6) is 1.32. The van der Waals surface area contributed by atoms with E-state index < -0.39 is 0 Å². The van der Waals surface area contributed by atoms with Crippen molar-refractivity contribution in [3.8, 4) is 17.1 Å². The van der Waals surface area contributed by atoms with Crippen molar-refractivity contribution in [3.63, 3.8) is 0 Å². The first-order chi connectivity index (χ1) is 13.7. The summed E-state index contributed by atoms with van der Waals surface area (Å²) in [5.41, 5.74) is 3.16. The van der Waals surface area contributed by atoms with Crippen molar-refractivity contribution < 1.29 is 4.79 Å². The summed E-state index contributed by atoms with van der Waals surface area (Å²) in [6.07, 6.45) is 6.00. The van der Waals surface area contributed by atoms with E-state index in [1.165, 1.54) is 0 Å². The second-order valence-electron chi connectivity index (χ2n) is 7.22. The van der Waals surface area contributed by atoms with Crippen molar-refractivity contribution >= 4 is 16.9 Å². The van der Waals surface area contributed by atoms with Gasteiger partial charge in [0.1, 0.15) is 6.33 Å². The Kier molecular flexibility index (Phi) is 3.89. The van der Waals surface area contributed by atoms with Crippen LogP contribution >= 0.6 is 0 Å². The molecule has 0 bridgehead atoms. The van der Waals surface area contributed by atoms with Crippen molar-refractivity contribution in [1.82, 2.24) is 34.8 Å². The van der Waals surface area contributed by atoms with Gasteiger partial charge in [0, 0.05) is 30.2 Å². The van der Waals surface area contributed by atoms with Crippen LogP contribution in [0.1, 0.15) is 23.7 Å². The van der Waals surface area contributed by atoms with Crippen LogP contribution in [0.5, 0.6) is 0 Å². The number of aromatic amines is 1. The Morgan fingerprint density at radius 1 is 1.21 bits per heavy atom. The first kappa shape index (κ1) is 16.6. The fourth-order valence-corrected chi connectivity index (χ4v) is 3.64. The Labute approximate surface area is 161 Å². The predicted molar refractivity (Wildman–Crippen MR) is 104 cm³/mol. The van der Waals surface area contributed by atoms with E-state index in [0.717, 1.165) is 47.6 Å². The Balaban J connectivity index is 1.44. The molecule has 0 saturated carbocycles. The van der Waals surface area contributed by atoms with E-state index in [4.69, 9.17) is 0 Å². The van der Waals surface area contributed by atoms with Gasteiger partial charge >= 0.3 is 0 Å². The van der Waals surface area contributed by atoms with Crippen LogP contribution in [0.3, 0.4) is 0 Å². The minimum atomic E-state index is 0.0444. The molecule has 1 aliphatic rings. The highest BCUT2D eigenvalue weighted by Gasteiger charge is 2.24. The fraction of sp³-hybridized carbons (Fsp3) is 0.250. The number of fused-ring (bicyclic) bond motifs is 1. The van der Waals surface area contributed by atoms with Gasteiger partial charge in [0.15, 0.2) is 11.5 Å². The molecular formula is C20H19N7O. The van der Waals surface area contributed by atoms with Gasteiger partial charge in [-0.05, 0) is 42.7 Å². The lowest BCUT2D eigenvalue weighted by atomic mass is 10.2. The number of rotatable bonds is 3. The van der Waals surface area contributed by atoms with E-state index >= 15 is 0 Å². The zero-order chi connectivity index (χ0) is 19.1. The van der Waals surface area contributed by atoms with Gasteiger partial charge in [0.25, 0.3) is 5.91 Å². The van der Waals surface area contributed by atoms with Crippen molar-refractivity contribution in [3.05, 3.63) is 54.6 Å². The molecule has 28 heavy (non-hydrogen) atoms. The summed E-state index contributed by atoms with van der Waals surface area (Å²) < 4.78 is 1.77. The van der Waals surface area contributed by atoms with Crippen LogP contribution < -0.4 is 0 Å². The third-order valence-corrected chi connectivity index (χ3v) is 5.17. The molecule has 1 N–H and O–H groups in total. The third-order valence-electron chi connectivity index (χ3n) is 5.17. The molecule has 8 nitrogen and oxygen atoms in total. The maximum atomic E-state index is 12.7. The van der Waals surface area contributed by atoms with E-state index in [-0.39, 0.29) is 5.91 Å². The number of pyridine rings is 1. The Morgan fingerprint density at radius 3 is 2.79 bits per heavy atom. The maximum Gasteiger partial charge on any atom is 0.255 e. The first-order valence-electron chi connectivity index (χ1n) is 9.29. The molecule has 4 heterocycles. The van der Waals surface area contributed by atoms with Crippen molar-refractivity contribution in [2.24, 2.45) is 5.92 Å². The van der Waals surface area contributed by atoms with E-state index in [1.54, 1.807) is 23.4 Å². The van der Waals surface area contributed by atoms with Crippen LogP contribution in [0, 0.1) is 5.92 Å². The van der Waals surface area contributed by atoms with Crippen LogP contribution in [-0.2, 0) is 0 Å². The van der Waals surface area contributed by atoms with Gasteiger partial charge in [0.2, 0.25) is 0 Å². The summed E-state index contributed by atoms with van der Waals surface area (Å²) in [6, 6.07) is 9.69. The highest BCUT2D eigenvalue weighted by Crippen LogP contribution is 2.22. The number of likely N-dealkylation sites (tertiary alicyclic amines) is 1. The largest absolute Gasteiger partial charge is 0.338 e. The maximum absolute atomic E-state index is 12.7. The predicted octanol–water partition coefficient (Wildman–Crippen LogP) is 2.69. The van der Waals surface area contributed by atoms with E-state index in [0.29, 0.717) is 11.5 Å². The summed E-state index contributed by atoms with van der Waals surface area (Å²) in [7, 11) is 0. The van der Waals surface area contributed by atoms with Gasteiger partial charge in [-0.3, -0.25) is 4.79 Å². The average molecular weight is 373 g/mol. The molecule has 140 valence electrons. The molecule has 1 saturated heterocycles. The van der Waals surface area contributed by atoms with Gasteiger partial charge in [-0.25, -0.2) is 9.67 Å². The number of aromatic nitrogens is 6. The molecule has 1 atom stereocenters. The molecule has 0 radical (unpaired) electrons. The van der Waals surface area contributed by atoms with Gasteiger partial charge in [-0.15, -0.1) is 10.2 Å². The number of carbonyl (C=O) groups is 1. The number of H-pyrrole nitrogens is 1. The number of hydrogen-bond acceptors (Lipinski definition) is 5. The Bertz CT molecular complexity index is 1130. The van der Waals surface area contributed by atoms with Crippen molar-refractivity contribution in [2.45, 2.75) is 13.3 Å². The van der Waals surface area contributed by atoms with Gasteiger partial charge < -0.3 is 9.88 Å². The van der Waals surface area contributed by atoms with E-state index in [2.05, 4.69) is 32.2 Å². The SMILES string of the molecule is C[C@H]1CCN(C(=O)c2cnc3c(cnn3-c3ccc(-c4nnc[nH]4)cc3)c2)C1. The lowest BCUT2D eigenvalue weighted by Gasteiger charge is -2.15. The standard InChI is InChI=1S/C20H19N7O/c1-13-6-7-26(11-13)20(28)16-8-15-10-24-27(19(15)21-9-16)17-4-2-14(3-5-17)18-22-12-23-25-18/h2-5,8-10,12-13H,6-7,11H2,1H3,(H,22,23,25)/t13-/m0/s1. The third kappa shape index (κ3) is 2.83. The molecule has 3 aromatic heterocycles. The second kappa shape index (κ2) is 6.56. The number of hydrogen-bond donors (Lipinski definition) is 1. The number of nitrogens with one attached hydrogen (secondary N) is 1. The number of nitrogens with zero attached hydrogens (tertiary/aromatic N) is 6. The highest BCUT2D eigenvalue weighted by atomic mass is 16.2. The topological polar surface area (TPSA) is 92.6 Å². The van der Waals surface area contributed by atoms with E-state index in [9.17, 15) is 4.79 Å². The molecule has 8 heteroatoms. The smallest absolute Gasteiger partial charge is 0.255 e. The monoisotopic (exact) mass is 373 g/mol. The minimum Gasteiger partial charge on any atom is -0.338 e. The molecule has 5 rings (SSSR count). The lowest BCUT2D eigenvalue weighted by Crippen LogP contribution is -2.28. The molecular weight excluding hydrogens is 354 g/mol. The fourth-order valence-electron chi connectivity index (χ4n) is 3.64. The summed E-state index contributed by atoms with van der Waals surface area (Å²) in [4.78, 5) is 22.1. The van der Waals surface area contributed by atoms with Crippen molar-refractivity contribution in [1.29, 1.82) is 0 Å². The summed E-state index contributed by atoms with van der Waals surface area (Å²) in [6.45, 7) is 3.80. The quantitative estimate of drug-likeness (QED) is 0.596. The molecule has 4 aromatic rings. The second-order valence-corrected chi connectivity index (χ2v) is 7.22. The van der Waals surface area contributed by atoms with Crippen LogP contribution in [0.2, 0.25) is 0 Å². The van der Waals surface area contributed by atoms with Crippen LogP contribution in [-0.4, -0.2) is 53.8 Å². The highest BCUT2D eigenvalue weighted by molar-refractivity contribution is 5.97. The van der Waals surface area contributed by atoms with Crippen LogP contribution in [0.4, 0.5) is 0 Å². The van der Waals surface area contributed by atoms with E-state index in [1.807, 2.05) is 35.2 Å². The molecule has 0 unspecified atom stereocenters. The number of carbonyl (C=O) groups excluding carboxylic acids is 1. The lowest BCUT2D eigenvalue weighted by molar-refractivity contribution is 0.0788. The molecule has 1 aromatic carbocycles. The average Bonchev–Trinajstić information content (AvgIpc) is 3.48. The summed E-state index contributed by atoms with van der Waals surface area (Å²) in [5, 5.41) is 13.1. The minimum absolute atomic E-state index is 0.0444. The number of benzene rings is 1. The van der Waals surface area contributed by atoms with Crippen LogP contribution in [0.15, 0.2) is 49.1 Å². The van der Waals surface area contributed by atoms with Gasteiger partial charge in [0.05, 0.1) is 17.4 Å².